The van der Waals surface area contributed by atoms with E-state index in [0.29, 0.717) is 6.54 Å². The Labute approximate surface area is 157 Å². The first-order chi connectivity index (χ1) is 11.7. The SMILES string of the molecule is O=C(NCc1ccccc1)C1(N(I)c2ccccc2)CCNCC1. The van der Waals surface area contributed by atoms with Crippen molar-refractivity contribution in [2.24, 2.45) is 0 Å². The lowest BCUT2D eigenvalue weighted by molar-refractivity contribution is -0.126. The van der Waals surface area contributed by atoms with Crippen LogP contribution in [0.4, 0.5) is 5.69 Å². The molecule has 1 heterocycles. The zero-order valence-electron chi connectivity index (χ0n) is 13.5. The first-order valence-corrected chi connectivity index (χ1v) is 9.23. The van der Waals surface area contributed by atoms with Gasteiger partial charge in [-0.3, -0.25) is 7.91 Å². The Morgan fingerprint density at radius 3 is 2.25 bits per heavy atom. The van der Waals surface area contributed by atoms with Crippen LogP contribution in [0.5, 0.6) is 0 Å². The van der Waals surface area contributed by atoms with Crippen molar-refractivity contribution in [3.05, 3.63) is 66.2 Å². The highest BCUT2D eigenvalue weighted by Crippen LogP contribution is 2.35. The van der Waals surface area contributed by atoms with Crippen molar-refractivity contribution in [2.45, 2.75) is 24.9 Å². The van der Waals surface area contributed by atoms with Crippen molar-refractivity contribution >= 4 is 34.5 Å². The quantitative estimate of drug-likeness (QED) is 0.560. The van der Waals surface area contributed by atoms with Crippen LogP contribution in [0.15, 0.2) is 60.7 Å². The summed E-state index contributed by atoms with van der Waals surface area (Å²) in [5, 5.41) is 6.51. The van der Waals surface area contributed by atoms with Gasteiger partial charge in [0, 0.05) is 12.2 Å². The third-order valence-electron chi connectivity index (χ3n) is 4.51. The standard InChI is InChI=1S/C19H22IN3O/c20-23(17-9-5-2-6-10-17)19(11-13-21-14-12-19)18(24)22-15-16-7-3-1-4-8-16/h1-10,21H,11-15H2,(H,22,24). The molecule has 0 unspecified atom stereocenters. The average molecular weight is 435 g/mol. The van der Waals surface area contributed by atoms with Gasteiger partial charge in [0.2, 0.25) is 5.91 Å². The number of carbonyl (C=O) groups excluding carboxylic acids is 1. The molecule has 0 atom stereocenters. The van der Waals surface area contributed by atoms with E-state index in [0.717, 1.165) is 37.2 Å². The molecule has 0 aliphatic carbocycles. The van der Waals surface area contributed by atoms with Crippen molar-refractivity contribution in [1.82, 2.24) is 10.6 Å². The molecular weight excluding hydrogens is 413 g/mol. The van der Waals surface area contributed by atoms with E-state index in [2.05, 4.69) is 48.7 Å². The molecule has 2 N–H and O–H groups in total. The summed E-state index contributed by atoms with van der Waals surface area (Å²) in [6.07, 6.45) is 1.59. The van der Waals surface area contributed by atoms with E-state index in [1.165, 1.54) is 0 Å². The van der Waals surface area contributed by atoms with Crippen LogP contribution in [-0.4, -0.2) is 24.5 Å². The molecule has 1 saturated heterocycles. The highest BCUT2D eigenvalue weighted by molar-refractivity contribution is 14.1. The number of piperidine rings is 1. The van der Waals surface area contributed by atoms with Crippen molar-refractivity contribution in [1.29, 1.82) is 0 Å². The monoisotopic (exact) mass is 435 g/mol. The van der Waals surface area contributed by atoms with E-state index >= 15 is 0 Å². The van der Waals surface area contributed by atoms with Crippen molar-refractivity contribution < 1.29 is 4.79 Å². The zero-order valence-corrected chi connectivity index (χ0v) is 15.7. The summed E-state index contributed by atoms with van der Waals surface area (Å²) < 4.78 is 2.12. The van der Waals surface area contributed by atoms with Gasteiger partial charge < -0.3 is 10.6 Å². The van der Waals surface area contributed by atoms with Gasteiger partial charge in [-0.2, -0.15) is 0 Å². The van der Waals surface area contributed by atoms with Crippen LogP contribution in [0.1, 0.15) is 18.4 Å². The number of hydrogen-bond donors (Lipinski definition) is 2. The Morgan fingerprint density at radius 2 is 1.62 bits per heavy atom. The maximum absolute atomic E-state index is 13.1. The van der Waals surface area contributed by atoms with Crippen molar-refractivity contribution in [2.75, 3.05) is 16.2 Å². The molecule has 2 aromatic rings. The van der Waals surface area contributed by atoms with E-state index in [1.54, 1.807) is 0 Å². The Balaban J connectivity index is 1.78. The molecule has 1 aliphatic rings. The molecule has 2 aromatic carbocycles. The second-order valence-electron chi connectivity index (χ2n) is 6.07. The minimum absolute atomic E-state index is 0.103. The number of halogens is 1. The summed E-state index contributed by atoms with van der Waals surface area (Å²) in [5.41, 5.74) is 1.67. The van der Waals surface area contributed by atoms with Gasteiger partial charge in [0.25, 0.3) is 0 Å². The molecule has 24 heavy (non-hydrogen) atoms. The Bertz CT molecular complexity index is 657. The highest BCUT2D eigenvalue weighted by Gasteiger charge is 2.44. The summed E-state index contributed by atoms with van der Waals surface area (Å²) in [6.45, 7) is 2.27. The highest BCUT2D eigenvalue weighted by atomic mass is 127. The van der Waals surface area contributed by atoms with Gasteiger partial charge in [-0.15, -0.1) is 0 Å². The van der Waals surface area contributed by atoms with Gasteiger partial charge in [-0.1, -0.05) is 48.5 Å². The minimum atomic E-state index is -0.512. The fourth-order valence-electron chi connectivity index (χ4n) is 3.10. The first-order valence-electron chi connectivity index (χ1n) is 8.26. The third kappa shape index (κ3) is 3.72. The first kappa shape index (κ1) is 17.2. The lowest BCUT2D eigenvalue weighted by atomic mass is 9.86. The van der Waals surface area contributed by atoms with Gasteiger partial charge in [-0.05, 0) is 43.6 Å². The average Bonchev–Trinajstić information content (AvgIpc) is 2.67. The summed E-state index contributed by atoms with van der Waals surface area (Å²) >= 11 is 2.29. The van der Waals surface area contributed by atoms with Gasteiger partial charge in [-0.25, -0.2) is 0 Å². The molecular formula is C19H22IN3O. The predicted molar refractivity (Wildman–Crippen MR) is 106 cm³/mol. The number of nitrogens with one attached hydrogen (secondary N) is 2. The topological polar surface area (TPSA) is 44.4 Å². The van der Waals surface area contributed by atoms with E-state index < -0.39 is 5.54 Å². The maximum atomic E-state index is 13.1. The fraction of sp³-hybridized carbons (Fsp3) is 0.316. The molecule has 3 rings (SSSR count). The number of rotatable bonds is 5. The van der Waals surface area contributed by atoms with E-state index in [-0.39, 0.29) is 5.91 Å². The maximum Gasteiger partial charge on any atom is 0.247 e. The molecule has 0 radical (unpaired) electrons. The van der Waals surface area contributed by atoms with Crippen LogP contribution in [0.2, 0.25) is 0 Å². The molecule has 4 nitrogen and oxygen atoms in total. The van der Waals surface area contributed by atoms with Gasteiger partial charge in [0.1, 0.15) is 5.54 Å². The number of carbonyl (C=O) groups is 1. The van der Waals surface area contributed by atoms with Gasteiger partial charge in [0.05, 0.1) is 22.9 Å². The summed E-state index contributed by atoms with van der Waals surface area (Å²) in [5.74, 6) is 0.103. The van der Waals surface area contributed by atoms with Crippen LogP contribution >= 0.6 is 22.9 Å². The van der Waals surface area contributed by atoms with Crippen LogP contribution < -0.4 is 13.7 Å². The summed E-state index contributed by atoms with van der Waals surface area (Å²) in [4.78, 5) is 13.1. The van der Waals surface area contributed by atoms with Crippen LogP contribution in [0.25, 0.3) is 0 Å². The second kappa shape index (κ2) is 7.98. The number of anilines is 1. The van der Waals surface area contributed by atoms with Crippen molar-refractivity contribution in [3.8, 4) is 0 Å². The molecule has 1 fully saturated rings. The summed E-state index contributed by atoms with van der Waals surface area (Å²) in [7, 11) is 0. The normalized spacial score (nSPS) is 16.4. The largest absolute Gasteiger partial charge is 0.350 e. The summed E-state index contributed by atoms with van der Waals surface area (Å²) in [6, 6.07) is 20.2. The molecule has 0 bridgehead atoms. The van der Waals surface area contributed by atoms with E-state index in [4.69, 9.17) is 0 Å². The third-order valence-corrected chi connectivity index (χ3v) is 5.99. The Kier molecular flexibility index (Phi) is 5.73. The van der Waals surface area contributed by atoms with Crippen LogP contribution in [0, 0.1) is 0 Å². The smallest absolute Gasteiger partial charge is 0.247 e. The van der Waals surface area contributed by atoms with Gasteiger partial charge in [0.15, 0.2) is 0 Å². The molecule has 0 aromatic heterocycles. The fourth-order valence-corrected chi connectivity index (χ4v) is 4.12. The lowest BCUT2D eigenvalue weighted by Gasteiger charge is -2.43. The number of hydrogen-bond acceptors (Lipinski definition) is 3. The molecule has 1 amide bonds. The number of para-hydroxylation sites is 1. The molecule has 1 aliphatic heterocycles. The number of benzene rings is 2. The van der Waals surface area contributed by atoms with Crippen LogP contribution in [-0.2, 0) is 11.3 Å². The Hall–Kier alpha value is -1.60. The minimum Gasteiger partial charge on any atom is -0.350 e. The van der Waals surface area contributed by atoms with Gasteiger partial charge >= 0.3 is 0 Å². The number of amides is 1. The predicted octanol–water partition coefficient (Wildman–Crippen LogP) is 3.28. The molecule has 5 heteroatoms. The van der Waals surface area contributed by atoms with E-state index in [1.807, 2.05) is 48.5 Å². The molecule has 126 valence electrons. The van der Waals surface area contributed by atoms with Crippen molar-refractivity contribution in [3.63, 3.8) is 0 Å². The Morgan fingerprint density at radius 1 is 1.04 bits per heavy atom. The molecule has 0 saturated carbocycles. The number of nitrogens with zero attached hydrogens (tertiary/aromatic N) is 1. The lowest BCUT2D eigenvalue weighted by Crippen LogP contribution is -2.60. The second-order valence-corrected chi connectivity index (χ2v) is 7.03. The zero-order chi connectivity index (χ0) is 16.8. The van der Waals surface area contributed by atoms with Crippen LogP contribution in [0.3, 0.4) is 0 Å². The van der Waals surface area contributed by atoms with E-state index in [9.17, 15) is 4.79 Å². The molecule has 0 spiro atoms.